The van der Waals surface area contributed by atoms with Crippen molar-refractivity contribution in [2.45, 2.75) is 38.6 Å². The summed E-state index contributed by atoms with van der Waals surface area (Å²) in [5.74, 6) is -0.251. The second-order valence-electron chi connectivity index (χ2n) is 5.12. The largest absolute Gasteiger partial charge is 0.368 e. The van der Waals surface area contributed by atoms with E-state index in [-0.39, 0.29) is 23.3 Å². The highest BCUT2D eigenvalue weighted by atomic mass is 16.2. The van der Waals surface area contributed by atoms with Crippen molar-refractivity contribution >= 4 is 11.8 Å². The van der Waals surface area contributed by atoms with E-state index >= 15 is 0 Å². The van der Waals surface area contributed by atoms with E-state index in [2.05, 4.69) is 5.32 Å². The predicted octanol–water partition coefficient (Wildman–Crippen LogP) is -0.148. The van der Waals surface area contributed by atoms with Gasteiger partial charge < -0.3 is 16.0 Å². The van der Waals surface area contributed by atoms with E-state index in [1.165, 1.54) is 0 Å². The van der Waals surface area contributed by atoms with Crippen LogP contribution in [0.25, 0.3) is 0 Å². The van der Waals surface area contributed by atoms with Gasteiger partial charge in [-0.25, -0.2) is 0 Å². The molecular weight excluding hydrogens is 218 g/mol. The number of primary amides is 1. The van der Waals surface area contributed by atoms with Crippen LogP contribution in [0.4, 0.5) is 0 Å². The first kappa shape index (κ1) is 12.4. The summed E-state index contributed by atoms with van der Waals surface area (Å²) in [6, 6.07) is -0.383. The fraction of sp³-hybridized carbons (Fsp3) is 0.833. The molecule has 0 spiro atoms. The second kappa shape index (κ2) is 4.64. The molecule has 2 atom stereocenters. The Morgan fingerprint density at radius 3 is 2.82 bits per heavy atom. The van der Waals surface area contributed by atoms with E-state index in [0.29, 0.717) is 13.0 Å². The van der Waals surface area contributed by atoms with Crippen molar-refractivity contribution in [2.24, 2.45) is 11.1 Å². The highest BCUT2D eigenvalue weighted by Crippen LogP contribution is 2.34. The van der Waals surface area contributed by atoms with Gasteiger partial charge in [-0.15, -0.1) is 0 Å². The number of likely N-dealkylation sites (tertiary alicyclic amines) is 1. The Bertz CT molecular complexity index is 324. The topological polar surface area (TPSA) is 75.4 Å². The maximum Gasteiger partial charge on any atom is 0.240 e. The fourth-order valence-electron chi connectivity index (χ4n) is 2.99. The smallest absolute Gasteiger partial charge is 0.240 e. The Morgan fingerprint density at radius 2 is 2.29 bits per heavy atom. The van der Waals surface area contributed by atoms with Gasteiger partial charge in [-0.2, -0.15) is 0 Å². The summed E-state index contributed by atoms with van der Waals surface area (Å²) >= 11 is 0. The number of nitrogens with two attached hydrogens (primary N) is 1. The molecule has 2 heterocycles. The van der Waals surface area contributed by atoms with E-state index < -0.39 is 0 Å². The molecule has 5 heteroatoms. The van der Waals surface area contributed by atoms with Crippen LogP contribution in [0.5, 0.6) is 0 Å². The Labute approximate surface area is 102 Å². The van der Waals surface area contributed by atoms with Crippen molar-refractivity contribution in [3.05, 3.63) is 0 Å². The summed E-state index contributed by atoms with van der Waals surface area (Å²) < 4.78 is 0. The van der Waals surface area contributed by atoms with Crippen LogP contribution >= 0.6 is 0 Å². The first-order valence-corrected chi connectivity index (χ1v) is 6.42. The van der Waals surface area contributed by atoms with Gasteiger partial charge in [-0.05, 0) is 32.2 Å². The Hall–Kier alpha value is -1.10. The van der Waals surface area contributed by atoms with Crippen LogP contribution < -0.4 is 11.1 Å². The maximum atomic E-state index is 12.6. The first-order chi connectivity index (χ1) is 8.10. The molecule has 17 heavy (non-hydrogen) atoms. The summed E-state index contributed by atoms with van der Waals surface area (Å²) in [6.07, 6.45) is 3.28. The maximum absolute atomic E-state index is 12.6. The number of amides is 2. The Kier molecular flexibility index (Phi) is 3.38. The number of carbonyl (C=O) groups is 2. The molecule has 2 rings (SSSR count). The summed E-state index contributed by atoms with van der Waals surface area (Å²) in [5, 5.41) is 3.25. The zero-order valence-electron chi connectivity index (χ0n) is 10.4. The van der Waals surface area contributed by atoms with Gasteiger partial charge in [0.2, 0.25) is 11.8 Å². The third-order valence-electron chi connectivity index (χ3n) is 4.22. The molecule has 0 bridgehead atoms. The molecular formula is C12H21N3O2. The number of hydrogen-bond acceptors (Lipinski definition) is 3. The molecule has 0 saturated carbocycles. The van der Waals surface area contributed by atoms with Gasteiger partial charge in [-0.1, -0.05) is 6.92 Å². The normalized spacial score (nSPS) is 33.0. The van der Waals surface area contributed by atoms with Crippen LogP contribution in [-0.4, -0.2) is 42.4 Å². The van der Waals surface area contributed by atoms with Gasteiger partial charge in [0.15, 0.2) is 0 Å². The third kappa shape index (κ3) is 2.04. The highest BCUT2D eigenvalue weighted by Gasteiger charge is 2.45. The number of nitrogens with zero attached hydrogens (tertiary/aromatic N) is 1. The molecule has 3 N–H and O–H groups in total. The number of hydrogen-bond donors (Lipinski definition) is 2. The highest BCUT2D eigenvalue weighted by molar-refractivity contribution is 5.90. The zero-order valence-corrected chi connectivity index (χ0v) is 10.4. The molecule has 0 radical (unpaired) electrons. The molecule has 0 aliphatic carbocycles. The lowest BCUT2D eigenvalue weighted by molar-refractivity contribution is -0.145. The molecule has 2 saturated heterocycles. The van der Waals surface area contributed by atoms with Crippen molar-refractivity contribution in [1.29, 1.82) is 0 Å². The van der Waals surface area contributed by atoms with Gasteiger partial charge >= 0.3 is 0 Å². The molecule has 0 aromatic rings. The van der Waals surface area contributed by atoms with E-state index in [0.717, 1.165) is 32.4 Å². The minimum absolute atomic E-state index is 0.117. The molecule has 0 aromatic heterocycles. The monoisotopic (exact) mass is 239 g/mol. The lowest BCUT2D eigenvalue weighted by atomic mass is 9.82. The molecule has 2 fully saturated rings. The average Bonchev–Trinajstić information content (AvgIpc) is 2.98. The second-order valence-corrected chi connectivity index (χ2v) is 5.12. The van der Waals surface area contributed by atoms with Gasteiger partial charge in [-0.3, -0.25) is 9.59 Å². The minimum Gasteiger partial charge on any atom is -0.368 e. The molecule has 2 aliphatic heterocycles. The van der Waals surface area contributed by atoms with Gasteiger partial charge in [0.05, 0.1) is 5.41 Å². The lowest BCUT2D eigenvalue weighted by Gasteiger charge is -2.33. The summed E-state index contributed by atoms with van der Waals surface area (Å²) in [5.41, 5.74) is 5.05. The summed E-state index contributed by atoms with van der Waals surface area (Å²) in [6.45, 7) is 4.33. The Morgan fingerprint density at radius 1 is 1.53 bits per heavy atom. The molecule has 96 valence electrons. The summed E-state index contributed by atoms with van der Waals surface area (Å²) in [4.78, 5) is 25.6. The van der Waals surface area contributed by atoms with Gasteiger partial charge in [0.25, 0.3) is 0 Å². The molecule has 5 nitrogen and oxygen atoms in total. The van der Waals surface area contributed by atoms with Crippen molar-refractivity contribution in [1.82, 2.24) is 10.2 Å². The predicted molar refractivity (Wildman–Crippen MR) is 64.1 cm³/mol. The summed E-state index contributed by atoms with van der Waals surface area (Å²) in [7, 11) is 0. The standard InChI is InChI=1S/C12H21N3O2/c1-2-12(5-6-14-8-12)11(17)15-7-3-4-9(15)10(13)16/h9,14H,2-8H2,1H3,(H2,13,16). The van der Waals surface area contributed by atoms with Crippen molar-refractivity contribution in [3.8, 4) is 0 Å². The Balaban J connectivity index is 2.15. The molecule has 2 amide bonds. The van der Waals surface area contributed by atoms with Crippen LogP contribution in [0.1, 0.15) is 32.6 Å². The van der Waals surface area contributed by atoms with E-state index in [4.69, 9.17) is 5.73 Å². The van der Waals surface area contributed by atoms with Gasteiger partial charge in [0.1, 0.15) is 6.04 Å². The molecule has 2 aliphatic rings. The van der Waals surface area contributed by atoms with Crippen LogP contribution in [-0.2, 0) is 9.59 Å². The third-order valence-corrected chi connectivity index (χ3v) is 4.22. The van der Waals surface area contributed by atoms with Gasteiger partial charge in [0, 0.05) is 13.1 Å². The minimum atomic E-state index is -0.383. The van der Waals surface area contributed by atoms with Crippen LogP contribution in [0, 0.1) is 5.41 Å². The molecule has 0 aromatic carbocycles. The zero-order chi connectivity index (χ0) is 12.5. The van der Waals surface area contributed by atoms with Crippen LogP contribution in [0.3, 0.4) is 0 Å². The molecule has 2 unspecified atom stereocenters. The van der Waals surface area contributed by atoms with Crippen LogP contribution in [0.15, 0.2) is 0 Å². The first-order valence-electron chi connectivity index (χ1n) is 6.42. The average molecular weight is 239 g/mol. The van der Waals surface area contributed by atoms with E-state index in [1.54, 1.807) is 4.90 Å². The van der Waals surface area contributed by atoms with E-state index in [9.17, 15) is 9.59 Å². The van der Waals surface area contributed by atoms with Crippen LogP contribution in [0.2, 0.25) is 0 Å². The number of rotatable bonds is 3. The van der Waals surface area contributed by atoms with Crippen molar-refractivity contribution < 1.29 is 9.59 Å². The number of carbonyl (C=O) groups excluding carboxylic acids is 2. The fourth-order valence-corrected chi connectivity index (χ4v) is 2.99. The SMILES string of the molecule is CCC1(C(=O)N2CCCC2C(N)=O)CCNC1. The van der Waals surface area contributed by atoms with E-state index in [1.807, 2.05) is 6.92 Å². The van der Waals surface area contributed by atoms with Crippen molar-refractivity contribution in [2.75, 3.05) is 19.6 Å². The number of nitrogens with one attached hydrogen (secondary N) is 1. The lowest BCUT2D eigenvalue weighted by Crippen LogP contribution is -2.50. The quantitative estimate of drug-likeness (QED) is 0.719. The van der Waals surface area contributed by atoms with Crippen molar-refractivity contribution in [3.63, 3.8) is 0 Å².